The highest BCUT2D eigenvalue weighted by Crippen LogP contribution is 2.51. The zero-order valence-corrected chi connectivity index (χ0v) is 34.6. The number of carbonyl (C=O) groups excluding carboxylic acids is 3. The number of ether oxygens (including phenoxy) is 1. The third-order valence-corrected chi connectivity index (χ3v) is 10.9. The second kappa shape index (κ2) is 22.1. The maximum atomic E-state index is 15.4. The smallest absolute Gasteiger partial charge is 0.407 e. The number of halogens is 2. The molecule has 312 valence electrons. The highest BCUT2D eigenvalue weighted by molar-refractivity contribution is 5.95. The fourth-order valence-electron chi connectivity index (χ4n) is 7.82. The minimum absolute atomic E-state index is 0.0102. The van der Waals surface area contributed by atoms with E-state index in [9.17, 15) is 14.4 Å². The molecule has 0 spiro atoms. The number of hydrogen-bond acceptors (Lipinski definition) is 8. The molecule has 12 nitrogen and oxygen atoms in total. The van der Waals surface area contributed by atoms with Crippen LogP contribution >= 0.6 is 0 Å². The minimum atomic E-state index is -3.33. The lowest BCUT2D eigenvalue weighted by Crippen LogP contribution is -2.55. The minimum Gasteiger partial charge on any atom is -0.453 e. The van der Waals surface area contributed by atoms with E-state index in [2.05, 4.69) is 56.0 Å². The van der Waals surface area contributed by atoms with Crippen molar-refractivity contribution in [2.24, 2.45) is 39.6 Å². The predicted octanol–water partition coefficient (Wildman–Crippen LogP) is 6.37. The summed E-state index contributed by atoms with van der Waals surface area (Å²) in [5, 5.41) is 11.9. The standard InChI is InChI=1S/C36H52F2N6O4.C7H10N2/c1-21(2)31(43-35(47)48-9)34(46)44-18-10-11-29(44)32(39-7)41-24(5)14-12-22(3)36(37,38)23(4)13-15-25(6)42-33(40-8)30-27-17-16-26(19-27)28(30)20-45;1-8-5-7-3-2-4-9-6-7/h12-13,15,20-21,26-31H,4-6,10-11,14,16-19H2,1-3,7-9H3,(H,39,41)(H,40,42)(H,43,47);2-4,6,8H,5H2,1H3/b15-13+,22-12+;/t26?,27?,28?,29?,30-,31?;/m1./s1. The molecule has 3 fully saturated rings. The number of fused-ring (bicyclic) bond motifs is 2. The fourth-order valence-corrected chi connectivity index (χ4v) is 7.82. The monoisotopic (exact) mass is 792 g/mol. The van der Waals surface area contributed by atoms with Crippen molar-refractivity contribution in [3.05, 3.63) is 90.6 Å². The number of methoxy groups -OCH3 is 1. The van der Waals surface area contributed by atoms with Crippen molar-refractivity contribution in [3.63, 3.8) is 0 Å². The van der Waals surface area contributed by atoms with Crippen molar-refractivity contribution in [3.8, 4) is 0 Å². The Labute approximate surface area is 337 Å². The van der Waals surface area contributed by atoms with Gasteiger partial charge in [0.2, 0.25) is 5.91 Å². The molecule has 2 aliphatic carbocycles. The van der Waals surface area contributed by atoms with Gasteiger partial charge in [0.25, 0.3) is 5.92 Å². The Morgan fingerprint density at radius 3 is 2.39 bits per heavy atom. The van der Waals surface area contributed by atoms with E-state index in [1.807, 2.05) is 39.2 Å². The van der Waals surface area contributed by atoms with Crippen molar-refractivity contribution < 1.29 is 27.9 Å². The number of aldehydes is 1. The van der Waals surface area contributed by atoms with Gasteiger partial charge in [0.1, 0.15) is 24.0 Å². The van der Waals surface area contributed by atoms with Gasteiger partial charge in [0.05, 0.1) is 13.2 Å². The zero-order valence-electron chi connectivity index (χ0n) is 34.6. The van der Waals surface area contributed by atoms with Gasteiger partial charge >= 0.3 is 6.09 Å². The van der Waals surface area contributed by atoms with Crippen LogP contribution in [0.1, 0.15) is 64.9 Å². The molecule has 6 atom stereocenters. The molecule has 2 heterocycles. The van der Waals surface area contributed by atoms with Crippen molar-refractivity contribution in [2.75, 3.05) is 34.8 Å². The van der Waals surface area contributed by atoms with E-state index in [0.717, 1.165) is 38.5 Å². The molecule has 1 aromatic heterocycles. The molecule has 0 radical (unpaired) electrons. The van der Waals surface area contributed by atoms with Gasteiger partial charge < -0.3 is 35.7 Å². The average molecular weight is 793 g/mol. The summed E-state index contributed by atoms with van der Waals surface area (Å²) >= 11 is 0. The largest absolute Gasteiger partial charge is 0.453 e. The number of amides is 2. The van der Waals surface area contributed by atoms with Crippen molar-refractivity contribution in [1.82, 2.24) is 31.2 Å². The lowest BCUT2D eigenvalue weighted by Gasteiger charge is -2.31. The van der Waals surface area contributed by atoms with Crippen molar-refractivity contribution >= 4 is 30.0 Å². The zero-order chi connectivity index (χ0) is 42.3. The van der Waals surface area contributed by atoms with E-state index < -0.39 is 23.6 Å². The summed E-state index contributed by atoms with van der Waals surface area (Å²) in [5.74, 6) is -1.95. The number of amidine groups is 2. The third-order valence-electron chi connectivity index (χ3n) is 10.9. The molecule has 4 N–H and O–H groups in total. The number of nitrogens with zero attached hydrogens (tertiary/aromatic N) is 4. The van der Waals surface area contributed by atoms with Gasteiger partial charge in [-0.1, -0.05) is 51.8 Å². The maximum Gasteiger partial charge on any atom is 0.407 e. The molecule has 5 unspecified atom stereocenters. The van der Waals surface area contributed by atoms with Gasteiger partial charge in [-0.25, -0.2) is 4.79 Å². The molecule has 1 saturated heterocycles. The number of likely N-dealkylation sites (tertiary alicyclic amines) is 1. The molecule has 4 rings (SSSR count). The predicted molar refractivity (Wildman–Crippen MR) is 223 cm³/mol. The number of aliphatic imine (C=N–C) groups is 2. The second-order valence-electron chi connectivity index (χ2n) is 15.1. The van der Waals surface area contributed by atoms with Crippen LogP contribution in [0, 0.1) is 29.6 Å². The van der Waals surface area contributed by atoms with Gasteiger partial charge in [-0.05, 0) is 87.1 Å². The Morgan fingerprint density at radius 1 is 1.09 bits per heavy atom. The van der Waals surface area contributed by atoms with Crippen LogP contribution in [-0.2, 0) is 20.9 Å². The Bertz CT molecular complexity index is 1710. The van der Waals surface area contributed by atoms with E-state index in [-0.39, 0.29) is 41.7 Å². The molecule has 2 saturated carbocycles. The molecule has 0 aromatic carbocycles. The Balaban J connectivity index is 0.000000847. The van der Waals surface area contributed by atoms with Crippen LogP contribution in [0.3, 0.4) is 0 Å². The lowest BCUT2D eigenvalue weighted by atomic mass is 9.79. The molecule has 1 aromatic rings. The summed E-state index contributed by atoms with van der Waals surface area (Å²) in [6.07, 6.45) is 12.6. The second-order valence-corrected chi connectivity index (χ2v) is 15.1. The fraction of sp³-hybridized carbons (Fsp3) is 0.535. The van der Waals surface area contributed by atoms with E-state index in [4.69, 9.17) is 4.74 Å². The third kappa shape index (κ3) is 12.5. The molecule has 1 aliphatic heterocycles. The highest BCUT2D eigenvalue weighted by Gasteiger charge is 2.49. The maximum absolute atomic E-state index is 15.4. The van der Waals surface area contributed by atoms with Crippen LogP contribution in [0.5, 0.6) is 0 Å². The number of pyridine rings is 1. The van der Waals surface area contributed by atoms with E-state index in [1.165, 1.54) is 37.8 Å². The van der Waals surface area contributed by atoms with Gasteiger partial charge in [-0.2, -0.15) is 8.78 Å². The molecule has 57 heavy (non-hydrogen) atoms. The summed E-state index contributed by atoms with van der Waals surface area (Å²) in [4.78, 5) is 51.4. The van der Waals surface area contributed by atoms with Crippen LogP contribution < -0.4 is 21.3 Å². The molecule has 3 aliphatic rings. The van der Waals surface area contributed by atoms with Gasteiger partial charge in [0, 0.05) is 74.8 Å². The summed E-state index contributed by atoms with van der Waals surface area (Å²) in [6.45, 7) is 18.0. The number of alkyl carbamates (subject to hydrolysis) is 1. The first kappa shape index (κ1) is 46.4. The van der Waals surface area contributed by atoms with Gasteiger partial charge in [-0.15, -0.1) is 0 Å². The number of aromatic nitrogens is 1. The number of alkyl halides is 2. The van der Waals surface area contributed by atoms with Crippen LogP contribution in [0.15, 0.2) is 95.0 Å². The van der Waals surface area contributed by atoms with Gasteiger partial charge in [0.15, 0.2) is 0 Å². The van der Waals surface area contributed by atoms with Crippen LogP contribution in [0.25, 0.3) is 0 Å². The number of allylic oxidation sites excluding steroid dienone is 5. The SMILES string of the molecule is C=C(/C=C/C(=C)C(F)(F)/C(C)=C/CC(=C)NC(=NC)C1CCCN1C(=O)C(NC(=O)OC)C(C)C)NC(=NC)[C@@H]1C2CCC(C2)C1C=O.CNCc1cccnc1. The average Bonchev–Trinajstić information content (AvgIpc) is 3.97. The molecular weight excluding hydrogens is 731 g/mol. The molecule has 14 heteroatoms. The molecule has 2 amide bonds. The van der Waals surface area contributed by atoms with Crippen molar-refractivity contribution in [2.45, 2.75) is 83.8 Å². The first-order chi connectivity index (χ1) is 27.1. The van der Waals surface area contributed by atoms with Crippen molar-refractivity contribution in [1.29, 1.82) is 0 Å². The van der Waals surface area contributed by atoms with E-state index >= 15 is 8.78 Å². The summed E-state index contributed by atoms with van der Waals surface area (Å²) in [7, 11) is 6.41. The van der Waals surface area contributed by atoms with E-state index in [1.54, 1.807) is 25.2 Å². The first-order valence-electron chi connectivity index (χ1n) is 19.5. The van der Waals surface area contributed by atoms with Crippen LogP contribution in [0.4, 0.5) is 13.6 Å². The summed E-state index contributed by atoms with van der Waals surface area (Å²) in [6, 6.07) is 2.82. The number of carbonyl (C=O) groups is 3. The van der Waals surface area contributed by atoms with E-state index in [0.29, 0.717) is 47.9 Å². The number of hydrogen-bond donors (Lipinski definition) is 4. The Hall–Kier alpha value is -4.98. The lowest BCUT2D eigenvalue weighted by molar-refractivity contribution is -0.134. The molecule has 2 bridgehead atoms. The topological polar surface area (TPSA) is 149 Å². The van der Waals surface area contributed by atoms with Gasteiger partial charge in [-0.3, -0.25) is 19.8 Å². The normalized spacial score (nSPS) is 22.8. The molecular formula is C43H62F2N8O4. The summed E-state index contributed by atoms with van der Waals surface area (Å²) in [5.41, 5.74) is 1.42. The number of nitrogens with one attached hydrogen (secondary N) is 4. The highest BCUT2D eigenvalue weighted by atomic mass is 19.3. The number of rotatable bonds is 16. The Kier molecular flexibility index (Phi) is 18.0. The Morgan fingerprint density at radius 2 is 1.79 bits per heavy atom. The van der Waals surface area contributed by atoms with Crippen LogP contribution in [0.2, 0.25) is 0 Å². The quantitative estimate of drug-likeness (QED) is 0.0497. The van der Waals surface area contributed by atoms with Crippen LogP contribution in [-0.4, -0.2) is 92.6 Å². The first-order valence-corrected chi connectivity index (χ1v) is 19.5. The summed E-state index contributed by atoms with van der Waals surface area (Å²) < 4.78 is 35.4.